The Hall–Kier alpha value is -1.27. The van der Waals surface area contributed by atoms with Crippen molar-refractivity contribution >= 4 is 5.69 Å². The molecule has 3 nitrogen and oxygen atoms in total. The zero-order chi connectivity index (χ0) is 14.1. The van der Waals surface area contributed by atoms with Gasteiger partial charge in [0.2, 0.25) is 0 Å². The Morgan fingerprint density at radius 3 is 2.37 bits per heavy atom. The van der Waals surface area contributed by atoms with E-state index in [-0.39, 0.29) is 6.10 Å². The molecule has 0 saturated carbocycles. The van der Waals surface area contributed by atoms with Gasteiger partial charge in [0.05, 0.1) is 12.2 Å². The van der Waals surface area contributed by atoms with Crippen LogP contribution in [0.5, 0.6) is 0 Å². The van der Waals surface area contributed by atoms with E-state index in [2.05, 4.69) is 5.32 Å². The number of benzene rings is 1. The molecule has 0 aliphatic carbocycles. The molecule has 0 spiro atoms. The molecule has 0 radical (unpaired) electrons. The minimum absolute atomic E-state index is 0.0997. The van der Waals surface area contributed by atoms with Crippen molar-refractivity contribution in [2.45, 2.75) is 31.9 Å². The smallest absolute Gasteiger partial charge is 0.382 e. The molecule has 1 fully saturated rings. The first kappa shape index (κ1) is 14.1. The number of rotatable bonds is 3. The second-order valence-corrected chi connectivity index (χ2v) is 4.91. The van der Waals surface area contributed by atoms with Crippen molar-refractivity contribution in [3.63, 3.8) is 0 Å². The number of hydrogen-bond acceptors (Lipinski definition) is 3. The monoisotopic (exact) mass is 275 g/mol. The molecule has 6 heteroatoms. The van der Waals surface area contributed by atoms with Gasteiger partial charge in [-0.2, -0.15) is 13.2 Å². The van der Waals surface area contributed by atoms with Gasteiger partial charge < -0.3 is 14.8 Å². The lowest BCUT2D eigenvalue weighted by Gasteiger charge is -2.17. The number of ether oxygens (including phenoxy) is 2. The molecule has 0 aromatic heterocycles. The van der Waals surface area contributed by atoms with E-state index in [4.69, 9.17) is 9.47 Å². The first-order valence-corrected chi connectivity index (χ1v) is 5.99. The van der Waals surface area contributed by atoms with Gasteiger partial charge >= 0.3 is 6.18 Å². The summed E-state index contributed by atoms with van der Waals surface area (Å²) < 4.78 is 48.1. The topological polar surface area (TPSA) is 30.5 Å². The third-order valence-electron chi connectivity index (χ3n) is 2.81. The van der Waals surface area contributed by atoms with Crippen molar-refractivity contribution in [1.82, 2.24) is 0 Å². The van der Waals surface area contributed by atoms with Crippen LogP contribution in [0.25, 0.3) is 0 Å². The summed E-state index contributed by atoms with van der Waals surface area (Å²) in [5, 5.41) is 3.03. The molecule has 1 aromatic rings. The highest BCUT2D eigenvalue weighted by atomic mass is 19.4. The predicted molar refractivity (Wildman–Crippen MR) is 64.8 cm³/mol. The predicted octanol–water partition coefficient (Wildman–Crippen LogP) is 3.27. The summed E-state index contributed by atoms with van der Waals surface area (Å²) in [7, 11) is 0. The molecule has 1 aliphatic heterocycles. The number of nitrogens with one attached hydrogen (secondary N) is 1. The van der Waals surface area contributed by atoms with Crippen molar-refractivity contribution in [2.24, 2.45) is 0 Å². The maximum absolute atomic E-state index is 12.4. The maximum atomic E-state index is 12.4. The minimum atomic E-state index is -4.30. The van der Waals surface area contributed by atoms with Gasteiger partial charge in [0.1, 0.15) is 6.10 Å². The van der Waals surface area contributed by atoms with E-state index in [1.54, 1.807) is 0 Å². The van der Waals surface area contributed by atoms with Crippen LogP contribution in [0.2, 0.25) is 0 Å². The molecule has 1 atom stereocenters. The molecule has 0 bridgehead atoms. The Labute approximate surface area is 109 Å². The van der Waals surface area contributed by atoms with Crippen LogP contribution in [0, 0.1) is 0 Å². The SMILES string of the molecule is CC1(C)OCC(CNc2ccc(C(F)(F)F)cc2)O1. The molecule has 1 aliphatic rings. The third kappa shape index (κ3) is 3.84. The van der Waals surface area contributed by atoms with E-state index in [1.807, 2.05) is 13.8 Å². The number of halogens is 3. The Morgan fingerprint density at radius 2 is 1.89 bits per heavy atom. The van der Waals surface area contributed by atoms with E-state index >= 15 is 0 Å². The Kier molecular flexibility index (Phi) is 3.73. The fraction of sp³-hybridized carbons (Fsp3) is 0.538. The molecular weight excluding hydrogens is 259 g/mol. The van der Waals surface area contributed by atoms with Crippen molar-refractivity contribution in [2.75, 3.05) is 18.5 Å². The summed E-state index contributed by atoms with van der Waals surface area (Å²) in [5.74, 6) is -0.591. The van der Waals surface area contributed by atoms with Crippen LogP contribution in [0.1, 0.15) is 19.4 Å². The Bertz CT molecular complexity index is 429. The summed E-state index contributed by atoms with van der Waals surface area (Å²) in [6.45, 7) is 4.62. The molecular formula is C13H16F3NO2. The van der Waals surface area contributed by atoms with Crippen LogP contribution in [0.3, 0.4) is 0 Å². The van der Waals surface area contributed by atoms with Crippen molar-refractivity contribution < 1.29 is 22.6 Å². The van der Waals surface area contributed by atoms with Gasteiger partial charge in [-0.25, -0.2) is 0 Å². The first-order valence-electron chi connectivity index (χ1n) is 5.99. The van der Waals surface area contributed by atoms with Crippen LogP contribution < -0.4 is 5.32 Å². The molecule has 1 unspecified atom stereocenters. The summed E-state index contributed by atoms with van der Waals surface area (Å²) in [5.41, 5.74) is -0.0269. The Balaban J connectivity index is 1.87. The average Bonchev–Trinajstić information content (AvgIpc) is 2.66. The Morgan fingerprint density at radius 1 is 1.26 bits per heavy atom. The van der Waals surface area contributed by atoms with E-state index in [9.17, 15) is 13.2 Å². The normalized spacial score (nSPS) is 22.5. The molecule has 1 aromatic carbocycles. The zero-order valence-corrected chi connectivity index (χ0v) is 10.8. The number of alkyl halides is 3. The molecule has 2 rings (SSSR count). The fourth-order valence-electron chi connectivity index (χ4n) is 1.87. The lowest BCUT2D eigenvalue weighted by molar-refractivity contribution is -0.138. The van der Waals surface area contributed by atoms with Crippen LogP contribution in [0.4, 0.5) is 18.9 Å². The highest BCUT2D eigenvalue weighted by Gasteiger charge is 2.32. The molecule has 1 heterocycles. The lowest BCUT2D eigenvalue weighted by atomic mass is 10.2. The summed E-state index contributed by atoms with van der Waals surface area (Å²) in [4.78, 5) is 0. The lowest BCUT2D eigenvalue weighted by Crippen LogP contribution is -2.26. The van der Waals surface area contributed by atoms with E-state index in [0.29, 0.717) is 18.8 Å². The van der Waals surface area contributed by atoms with Crippen molar-refractivity contribution in [1.29, 1.82) is 0 Å². The maximum Gasteiger partial charge on any atom is 0.416 e. The first-order chi connectivity index (χ1) is 8.76. The van der Waals surface area contributed by atoms with Gasteiger partial charge in [-0.15, -0.1) is 0 Å². The zero-order valence-electron chi connectivity index (χ0n) is 10.8. The van der Waals surface area contributed by atoms with Crippen LogP contribution >= 0.6 is 0 Å². The minimum Gasteiger partial charge on any atom is -0.382 e. The van der Waals surface area contributed by atoms with E-state index < -0.39 is 17.5 Å². The van der Waals surface area contributed by atoms with Gasteiger partial charge in [0, 0.05) is 12.2 Å². The summed E-state index contributed by atoms with van der Waals surface area (Å²) in [6.07, 6.45) is -4.40. The van der Waals surface area contributed by atoms with Gasteiger partial charge in [0.15, 0.2) is 5.79 Å². The molecule has 106 valence electrons. The van der Waals surface area contributed by atoms with Crippen molar-refractivity contribution in [3.05, 3.63) is 29.8 Å². The molecule has 1 N–H and O–H groups in total. The van der Waals surface area contributed by atoms with Crippen molar-refractivity contribution in [3.8, 4) is 0 Å². The fourth-order valence-corrected chi connectivity index (χ4v) is 1.87. The summed E-state index contributed by atoms with van der Waals surface area (Å²) >= 11 is 0. The van der Waals surface area contributed by atoms with Gasteiger partial charge in [-0.1, -0.05) is 0 Å². The second kappa shape index (κ2) is 5.02. The van der Waals surface area contributed by atoms with E-state index in [1.165, 1.54) is 12.1 Å². The number of hydrogen-bond donors (Lipinski definition) is 1. The van der Waals surface area contributed by atoms with E-state index in [0.717, 1.165) is 12.1 Å². The van der Waals surface area contributed by atoms with Gasteiger partial charge in [-0.05, 0) is 38.1 Å². The number of anilines is 1. The van der Waals surface area contributed by atoms with Gasteiger partial charge in [0.25, 0.3) is 0 Å². The van der Waals surface area contributed by atoms with Gasteiger partial charge in [-0.3, -0.25) is 0 Å². The molecule has 0 amide bonds. The second-order valence-electron chi connectivity index (χ2n) is 4.91. The average molecular weight is 275 g/mol. The third-order valence-corrected chi connectivity index (χ3v) is 2.81. The van der Waals surface area contributed by atoms with Crippen LogP contribution in [-0.4, -0.2) is 25.0 Å². The van der Waals surface area contributed by atoms with Crippen LogP contribution in [0.15, 0.2) is 24.3 Å². The van der Waals surface area contributed by atoms with Crippen LogP contribution in [-0.2, 0) is 15.7 Å². The standard InChI is InChI=1S/C13H16F3NO2/c1-12(2)18-8-11(19-12)7-17-10-5-3-9(4-6-10)13(14,15)16/h3-6,11,17H,7-8H2,1-2H3. The molecule has 19 heavy (non-hydrogen) atoms. The highest BCUT2D eigenvalue weighted by molar-refractivity contribution is 5.45. The summed E-state index contributed by atoms with van der Waals surface area (Å²) in [6, 6.07) is 4.92. The quantitative estimate of drug-likeness (QED) is 0.918. The highest BCUT2D eigenvalue weighted by Crippen LogP contribution is 2.30. The molecule has 1 saturated heterocycles. The largest absolute Gasteiger partial charge is 0.416 e.